The van der Waals surface area contributed by atoms with Gasteiger partial charge in [-0.1, -0.05) is 13.0 Å². The number of halogens is 1. The van der Waals surface area contributed by atoms with Crippen LogP contribution in [0.3, 0.4) is 0 Å². The maximum absolute atomic E-state index is 13.5. The number of esters is 1. The van der Waals surface area contributed by atoms with Gasteiger partial charge in [0.05, 0.1) is 20.8 Å². The van der Waals surface area contributed by atoms with Crippen molar-refractivity contribution in [3.05, 3.63) is 29.6 Å². The fourth-order valence-electron chi connectivity index (χ4n) is 1.59. The minimum absolute atomic E-state index is 0.195. The zero-order valence-corrected chi connectivity index (χ0v) is 10.9. The van der Waals surface area contributed by atoms with E-state index in [-0.39, 0.29) is 18.3 Å². The van der Waals surface area contributed by atoms with Gasteiger partial charge in [-0.15, -0.1) is 0 Å². The van der Waals surface area contributed by atoms with Crippen LogP contribution >= 0.6 is 0 Å². The quantitative estimate of drug-likeness (QED) is 0.727. The van der Waals surface area contributed by atoms with Crippen LogP contribution in [0.2, 0.25) is 0 Å². The van der Waals surface area contributed by atoms with Gasteiger partial charge >= 0.3 is 5.97 Å². The van der Waals surface area contributed by atoms with Gasteiger partial charge in [0.15, 0.2) is 11.6 Å². The number of nitrogens with zero attached hydrogens (tertiary/aromatic N) is 1. The minimum Gasteiger partial charge on any atom is -0.494 e. The molecule has 0 N–H and O–H groups in total. The number of methoxy groups -OCH3 is 2. The first-order chi connectivity index (χ1) is 8.60. The fourth-order valence-corrected chi connectivity index (χ4v) is 1.59. The van der Waals surface area contributed by atoms with E-state index < -0.39 is 5.82 Å². The molecule has 0 aliphatic heterocycles. The molecule has 0 amide bonds. The van der Waals surface area contributed by atoms with Crippen LogP contribution in [0, 0.1) is 5.82 Å². The summed E-state index contributed by atoms with van der Waals surface area (Å²) in [5.74, 6) is -0.482. The van der Waals surface area contributed by atoms with Gasteiger partial charge in [0.2, 0.25) is 0 Å². The van der Waals surface area contributed by atoms with Crippen molar-refractivity contribution in [3.63, 3.8) is 0 Å². The summed E-state index contributed by atoms with van der Waals surface area (Å²) in [4.78, 5) is 13.0. The van der Waals surface area contributed by atoms with Crippen molar-refractivity contribution < 1.29 is 18.7 Å². The maximum Gasteiger partial charge on any atom is 0.319 e. The summed E-state index contributed by atoms with van der Waals surface area (Å²) < 4.78 is 23.0. The van der Waals surface area contributed by atoms with Crippen molar-refractivity contribution in [2.45, 2.75) is 13.5 Å². The number of ether oxygens (including phenoxy) is 2. The lowest BCUT2D eigenvalue weighted by Crippen LogP contribution is -2.30. The molecule has 0 aliphatic carbocycles. The predicted molar refractivity (Wildman–Crippen MR) is 65.9 cm³/mol. The second kappa shape index (κ2) is 6.96. The highest BCUT2D eigenvalue weighted by atomic mass is 19.1. The van der Waals surface area contributed by atoms with E-state index in [1.807, 2.05) is 11.8 Å². The molecule has 1 rings (SSSR count). The van der Waals surface area contributed by atoms with Crippen LogP contribution < -0.4 is 4.74 Å². The van der Waals surface area contributed by atoms with E-state index in [9.17, 15) is 9.18 Å². The molecule has 0 bridgehead atoms. The summed E-state index contributed by atoms with van der Waals surface area (Å²) in [7, 11) is 2.77. The highest BCUT2D eigenvalue weighted by Gasteiger charge is 2.11. The van der Waals surface area contributed by atoms with E-state index in [0.717, 1.165) is 5.56 Å². The Labute approximate surface area is 106 Å². The first kappa shape index (κ1) is 14.4. The van der Waals surface area contributed by atoms with Crippen molar-refractivity contribution in [1.29, 1.82) is 0 Å². The van der Waals surface area contributed by atoms with E-state index in [1.165, 1.54) is 20.3 Å². The molecule has 0 unspecified atom stereocenters. The SMILES string of the molecule is CCN(CC(=O)OC)Cc1ccc(OC)c(F)c1. The maximum atomic E-state index is 13.5. The molecule has 4 nitrogen and oxygen atoms in total. The molecule has 0 aliphatic rings. The molecule has 100 valence electrons. The summed E-state index contributed by atoms with van der Waals surface area (Å²) in [6.45, 7) is 3.30. The normalized spacial score (nSPS) is 10.5. The number of rotatable bonds is 6. The lowest BCUT2D eigenvalue weighted by molar-refractivity contribution is -0.142. The van der Waals surface area contributed by atoms with Crippen LogP contribution in [0.1, 0.15) is 12.5 Å². The molecule has 0 spiro atoms. The summed E-state index contributed by atoms with van der Waals surface area (Å²) >= 11 is 0. The highest BCUT2D eigenvalue weighted by molar-refractivity contribution is 5.71. The topological polar surface area (TPSA) is 38.8 Å². The van der Waals surface area contributed by atoms with Gasteiger partial charge in [-0.05, 0) is 24.2 Å². The second-order valence-corrected chi connectivity index (χ2v) is 3.85. The van der Waals surface area contributed by atoms with E-state index >= 15 is 0 Å². The number of carbonyl (C=O) groups is 1. The standard InChI is InChI=1S/C13H18FNO3/c1-4-15(9-13(16)18-3)8-10-5-6-12(17-2)11(14)7-10/h5-7H,4,8-9H2,1-3H3. The zero-order chi connectivity index (χ0) is 13.5. The third-order valence-corrected chi connectivity index (χ3v) is 2.65. The average molecular weight is 255 g/mol. The molecule has 0 heterocycles. The summed E-state index contributed by atoms with van der Waals surface area (Å²) in [6.07, 6.45) is 0. The monoisotopic (exact) mass is 255 g/mol. The van der Waals surface area contributed by atoms with Crippen molar-refractivity contribution >= 4 is 5.97 Å². The predicted octanol–water partition coefficient (Wildman–Crippen LogP) is 1.83. The largest absolute Gasteiger partial charge is 0.494 e. The Hall–Kier alpha value is -1.62. The number of benzene rings is 1. The number of carbonyl (C=O) groups excluding carboxylic acids is 1. The Morgan fingerprint density at radius 1 is 1.39 bits per heavy atom. The Morgan fingerprint density at radius 3 is 2.61 bits per heavy atom. The number of hydrogen-bond donors (Lipinski definition) is 0. The molecule has 0 fully saturated rings. The van der Waals surface area contributed by atoms with E-state index in [0.29, 0.717) is 13.1 Å². The molecular weight excluding hydrogens is 237 g/mol. The molecule has 1 aromatic rings. The lowest BCUT2D eigenvalue weighted by Gasteiger charge is -2.19. The third-order valence-electron chi connectivity index (χ3n) is 2.65. The highest BCUT2D eigenvalue weighted by Crippen LogP contribution is 2.18. The van der Waals surface area contributed by atoms with E-state index in [1.54, 1.807) is 12.1 Å². The summed E-state index contributed by atoms with van der Waals surface area (Å²) in [5.41, 5.74) is 0.791. The van der Waals surface area contributed by atoms with E-state index in [4.69, 9.17) is 4.74 Å². The molecule has 0 radical (unpaired) electrons. The van der Waals surface area contributed by atoms with Gasteiger partial charge in [0.25, 0.3) is 0 Å². The molecule has 18 heavy (non-hydrogen) atoms. The van der Waals surface area contributed by atoms with Gasteiger partial charge < -0.3 is 9.47 Å². The Kier molecular flexibility index (Phi) is 5.58. The number of likely N-dealkylation sites (N-methyl/N-ethyl adjacent to an activating group) is 1. The second-order valence-electron chi connectivity index (χ2n) is 3.85. The molecule has 5 heteroatoms. The van der Waals surface area contributed by atoms with Crippen molar-refractivity contribution in [2.24, 2.45) is 0 Å². The molecular formula is C13H18FNO3. The third kappa shape index (κ3) is 4.00. The van der Waals surface area contributed by atoms with Gasteiger partial charge in [0, 0.05) is 6.54 Å². The van der Waals surface area contributed by atoms with Crippen LogP contribution in [0.15, 0.2) is 18.2 Å². The van der Waals surface area contributed by atoms with Gasteiger partial charge in [-0.3, -0.25) is 9.69 Å². The fraction of sp³-hybridized carbons (Fsp3) is 0.462. The first-order valence-electron chi connectivity index (χ1n) is 5.72. The zero-order valence-electron chi connectivity index (χ0n) is 10.9. The van der Waals surface area contributed by atoms with Crippen LogP contribution in [0.25, 0.3) is 0 Å². The molecule has 0 aromatic heterocycles. The number of hydrogen-bond acceptors (Lipinski definition) is 4. The minimum atomic E-state index is -0.399. The molecule has 1 aromatic carbocycles. The van der Waals surface area contributed by atoms with Crippen molar-refractivity contribution in [2.75, 3.05) is 27.3 Å². The summed E-state index contributed by atoms with van der Waals surface area (Å²) in [6, 6.07) is 4.78. The first-order valence-corrected chi connectivity index (χ1v) is 5.72. The van der Waals surface area contributed by atoms with Gasteiger partial charge in [-0.25, -0.2) is 4.39 Å². The van der Waals surface area contributed by atoms with E-state index in [2.05, 4.69) is 4.74 Å². The Balaban J connectivity index is 2.70. The molecule has 0 atom stereocenters. The molecule has 0 saturated carbocycles. The van der Waals surface area contributed by atoms with Crippen molar-refractivity contribution in [3.8, 4) is 5.75 Å². The summed E-state index contributed by atoms with van der Waals surface area (Å²) in [5, 5.41) is 0. The van der Waals surface area contributed by atoms with Crippen LogP contribution in [0.5, 0.6) is 5.75 Å². The van der Waals surface area contributed by atoms with Gasteiger partial charge in [-0.2, -0.15) is 0 Å². The lowest BCUT2D eigenvalue weighted by atomic mass is 10.2. The van der Waals surface area contributed by atoms with Crippen LogP contribution in [0.4, 0.5) is 4.39 Å². The Bertz CT molecular complexity index is 409. The van der Waals surface area contributed by atoms with Crippen LogP contribution in [-0.2, 0) is 16.1 Å². The molecule has 0 saturated heterocycles. The van der Waals surface area contributed by atoms with Gasteiger partial charge in [0.1, 0.15) is 0 Å². The smallest absolute Gasteiger partial charge is 0.319 e. The van der Waals surface area contributed by atoms with Crippen LogP contribution in [-0.4, -0.2) is 38.2 Å². The Morgan fingerprint density at radius 2 is 2.11 bits per heavy atom. The average Bonchev–Trinajstić information content (AvgIpc) is 2.38. The van der Waals surface area contributed by atoms with Crippen molar-refractivity contribution in [1.82, 2.24) is 4.90 Å².